The Balaban J connectivity index is 1.47. The molecule has 2 heterocycles. The molecule has 1 fully saturated rings. The zero-order valence-corrected chi connectivity index (χ0v) is 19.4. The van der Waals surface area contributed by atoms with Crippen molar-refractivity contribution in [2.45, 2.75) is 11.3 Å². The van der Waals surface area contributed by atoms with Crippen LogP contribution < -0.4 is 4.90 Å². The van der Waals surface area contributed by atoms with E-state index in [0.717, 1.165) is 0 Å². The van der Waals surface area contributed by atoms with Crippen LogP contribution in [0.25, 0.3) is 0 Å². The summed E-state index contributed by atoms with van der Waals surface area (Å²) < 4.78 is 108. The van der Waals surface area contributed by atoms with Crippen molar-refractivity contribution in [1.82, 2.24) is 9.29 Å². The van der Waals surface area contributed by atoms with E-state index in [2.05, 4.69) is 4.98 Å². The molecule has 4 rings (SSSR count). The van der Waals surface area contributed by atoms with E-state index in [4.69, 9.17) is 11.6 Å². The van der Waals surface area contributed by atoms with Crippen LogP contribution in [0.3, 0.4) is 0 Å². The second-order valence-electron chi connectivity index (χ2n) is 7.34. The molecular formula is C20H14ClF6N3O2S2. The zero-order chi connectivity index (χ0) is 24.8. The first-order chi connectivity index (χ1) is 16.0. The van der Waals surface area contributed by atoms with Gasteiger partial charge in [-0.2, -0.15) is 4.31 Å². The molecule has 0 atom stereocenters. The van der Waals surface area contributed by atoms with E-state index >= 15 is 0 Å². The van der Waals surface area contributed by atoms with Gasteiger partial charge in [0, 0.05) is 38.0 Å². The highest BCUT2D eigenvalue weighted by atomic mass is 35.5. The number of hydrogen-bond acceptors (Lipinski definition) is 5. The maximum Gasteiger partial charge on any atom is 0.249 e. The largest absolute Gasteiger partial charge is 0.345 e. The fourth-order valence-electron chi connectivity index (χ4n) is 3.44. The summed E-state index contributed by atoms with van der Waals surface area (Å²) in [5.41, 5.74) is 1.29. The van der Waals surface area contributed by atoms with E-state index in [1.165, 1.54) is 23.5 Å². The predicted octanol–water partition coefficient (Wildman–Crippen LogP) is 4.73. The highest BCUT2D eigenvalue weighted by Gasteiger charge is 2.38. The first-order valence-corrected chi connectivity index (χ1v) is 12.3. The van der Waals surface area contributed by atoms with Gasteiger partial charge in [0.05, 0.1) is 10.7 Å². The molecular weight excluding hydrogens is 528 g/mol. The van der Waals surface area contributed by atoms with Gasteiger partial charge >= 0.3 is 0 Å². The van der Waals surface area contributed by atoms with Crippen molar-refractivity contribution in [2.24, 2.45) is 0 Å². The summed E-state index contributed by atoms with van der Waals surface area (Å²) in [5.74, 6) is -12.4. The highest BCUT2D eigenvalue weighted by Crippen LogP contribution is 2.30. The average Bonchev–Trinajstić information content (AvgIpc) is 3.27. The molecule has 1 saturated heterocycles. The third-order valence-electron chi connectivity index (χ3n) is 5.19. The summed E-state index contributed by atoms with van der Waals surface area (Å²) in [4.78, 5) is 4.30. The lowest BCUT2D eigenvalue weighted by Crippen LogP contribution is -2.49. The minimum atomic E-state index is -4.99. The van der Waals surface area contributed by atoms with Crippen molar-refractivity contribution in [2.75, 3.05) is 31.1 Å². The van der Waals surface area contributed by atoms with Crippen LogP contribution >= 0.6 is 22.9 Å². The number of benzene rings is 2. The van der Waals surface area contributed by atoms with Crippen LogP contribution in [0.2, 0.25) is 5.02 Å². The number of aromatic nitrogens is 1. The van der Waals surface area contributed by atoms with Crippen LogP contribution in [0.15, 0.2) is 28.5 Å². The molecule has 0 bridgehead atoms. The summed E-state index contributed by atoms with van der Waals surface area (Å²) in [6.07, 6.45) is 0.333. The van der Waals surface area contributed by atoms with E-state index in [0.29, 0.717) is 27.1 Å². The van der Waals surface area contributed by atoms with E-state index < -0.39 is 49.8 Å². The SMILES string of the molecule is O=S(=O)(c1c(F)c(F)c(F)c(F)c1F)N1CCN(c2nc(Cc3ccc(Cl)c(F)c3)cs2)CC1. The number of piperazine rings is 1. The molecule has 1 aromatic heterocycles. The number of halogens is 7. The van der Waals surface area contributed by atoms with Crippen molar-refractivity contribution in [1.29, 1.82) is 0 Å². The van der Waals surface area contributed by atoms with Gasteiger partial charge < -0.3 is 4.90 Å². The van der Waals surface area contributed by atoms with Gasteiger partial charge in [-0.25, -0.2) is 39.7 Å². The lowest BCUT2D eigenvalue weighted by molar-refractivity contribution is 0.344. The van der Waals surface area contributed by atoms with Crippen LogP contribution in [0.5, 0.6) is 0 Å². The first-order valence-electron chi connectivity index (χ1n) is 9.65. The predicted molar refractivity (Wildman–Crippen MR) is 114 cm³/mol. The van der Waals surface area contributed by atoms with Crippen molar-refractivity contribution < 1.29 is 34.8 Å². The molecule has 0 amide bonds. The van der Waals surface area contributed by atoms with E-state index in [1.807, 2.05) is 0 Å². The van der Waals surface area contributed by atoms with E-state index in [1.54, 1.807) is 16.3 Å². The Morgan fingerprint density at radius 3 is 2.09 bits per heavy atom. The molecule has 3 aromatic rings. The Labute approximate surface area is 199 Å². The van der Waals surface area contributed by atoms with E-state index in [-0.39, 0.29) is 31.2 Å². The van der Waals surface area contributed by atoms with Crippen LogP contribution in [0.4, 0.5) is 31.5 Å². The number of sulfonamides is 1. The minimum absolute atomic E-state index is 0.00131. The lowest BCUT2D eigenvalue weighted by Gasteiger charge is -2.33. The Hall–Kier alpha value is -2.35. The van der Waals surface area contributed by atoms with Gasteiger partial charge in [-0.15, -0.1) is 11.3 Å². The third-order valence-corrected chi connectivity index (χ3v) is 8.36. The number of rotatable bonds is 5. The van der Waals surface area contributed by atoms with Crippen molar-refractivity contribution in [3.05, 3.63) is 74.8 Å². The summed E-state index contributed by atoms with van der Waals surface area (Å²) in [6, 6.07) is 4.39. The normalized spacial score (nSPS) is 15.2. The highest BCUT2D eigenvalue weighted by molar-refractivity contribution is 7.89. The van der Waals surface area contributed by atoms with Crippen molar-refractivity contribution in [3.8, 4) is 0 Å². The number of nitrogens with zero attached hydrogens (tertiary/aromatic N) is 3. The average molecular weight is 542 g/mol. The first kappa shape index (κ1) is 24.8. The lowest BCUT2D eigenvalue weighted by atomic mass is 10.1. The summed E-state index contributed by atoms with van der Waals surface area (Å²) in [7, 11) is -4.99. The number of anilines is 1. The number of hydrogen-bond donors (Lipinski definition) is 0. The van der Waals surface area contributed by atoms with Gasteiger partial charge in [-0.1, -0.05) is 17.7 Å². The van der Waals surface area contributed by atoms with Gasteiger partial charge in [0.25, 0.3) is 0 Å². The van der Waals surface area contributed by atoms with Crippen LogP contribution in [-0.2, 0) is 16.4 Å². The Kier molecular flexibility index (Phi) is 6.82. The molecule has 0 unspecified atom stereocenters. The monoisotopic (exact) mass is 541 g/mol. The summed E-state index contributed by atoms with van der Waals surface area (Å²) in [5, 5.41) is 2.29. The van der Waals surface area contributed by atoms with Gasteiger partial charge in [-0.3, -0.25) is 0 Å². The van der Waals surface area contributed by atoms with Crippen LogP contribution in [-0.4, -0.2) is 43.9 Å². The minimum Gasteiger partial charge on any atom is -0.345 e. The Morgan fingerprint density at radius 1 is 0.912 bits per heavy atom. The second kappa shape index (κ2) is 9.36. The van der Waals surface area contributed by atoms with Crippen LogP contribution in [0.1, 0.15) is 11.3 Å². The molecule has 14 heteroatoms. The molecule has 0 saturated carbocycles. The second-order valence-corrected chi connectivity index (χ2v) is 10.5. The van der Waals surface area contributed by atoms with Gasteiger partial charge in [-0.05, 0) is 17.7 Å². The standard InChI is InChI=1S/C20H14ClF6N3O2S2/c21-12-2-1-10(8-13(12)22)7-11-9-33-20(28-11)29-3-5-30(6-4-29)34(31,32)19-17(26)15(24)14(23)16(25)18(19)27/h1-2,8-9H,3-7H2. The molecule has 1 aliphatic rings. The molecule has 0 radical (unpaired) electrons. The smallest absolute Gasteiger partial charge is 0.249 e. The maximum absolute atomic E-state index is 14.0. The Morgan fingerprint density at radius 2 is 1.50 bits per heavy atom. The summed E-state index contributed by atoms with van der Waals surface area (Å²) >= 11 is 6.94. The zero-order valence-electron chi connectivity index (χ0n) is 17.0. The van der Waals surface area contributed by atoms with E-state index in [9.17, 15) is 34.8 Å². The number of thiazole rings is 1. The molecule has 1 aliphatic heterocycles. The fourth-order valence-corrected chi connectivity index (χ4v) is 5.97. The van der Waals surface area contributed by atoms with Gasteiger partial charge in [0.15, 0.2) is 33.3 Å². The quantitative estimate of drug-likeness (QED) is 0.266. The molecule has 2 aromatic carbocycles. The van der Waals surface area contributed by atoms with Crippen molar-refractivity contribution in [3.63, 3.8) is 0 Å². The molecule has 0 aliphatic carbocycles. The topological polar surface area (TPSA) is 53.5 Å². The van der Waals surface area contributed by atoms with Gasteiger partial charge in [0.2, 0.25) is 15.8 Å². The summed E-state index contributed by atoms with van der Waals surface area (Å²) in [6.45, 7) is -0.396. The molecule has 182 valence electrons. The third kappa shape index (κ3) is 4.49. The molecule has 0 N–H and O–H groups in total. The van der Waals surface area contributed by atoms with Crippen molar-refractivity contribution >= 4 is 38.1 Å². The molecule has 5 nitrogen and oxygen atoms in total. The molecule has 34 heavy (non-hydrogen) atoms. The Bertz CT molecular complexity index is 1330. The maximum atomic E-state index is 14.0. The fraction of sp³-hybridized carbons (Fsp3) is 0.250. The van der Waals surface area contributed by atoms with Crippen LogP contribution in [0, 0.1) is 34.9 Å². The van der Waals surface area contributed by atoms with Gasteiger partial charge in [0.1, 0.15) is 5.82 Å². The molecule has 0 spiro atoms.